The lowest BCUT2D eigenvalue weighted by molar-refractivity contribution is 0.231. The second-order valence-corrected chi connectivity index (χ2v) is 5.48. The van der Waals surface area contributed by atoms with E-state index >= 15 is 0 Å². The first-order valence-electron chi connectivity index (χ1n) is 4.26. The molecule has 0 spiro atoms. The zero-order valence-corrected chi connectivity index (χ0v) is 8.32. The van der Waals surface area contributed by atoms with E-state index in [1.807, 2.05) is 0 Å². The van der Waals surface area contributed by atoms with Crippen LogP contribution in [0.5, 0.6) is 0 Å². The molecule has 0 aromatic rings. The normalized spacial score (nSPS) is 50.1. The number of hydrogen-bond acceptors (Lipinski definition) is 0. The number of hydrogen-bond donors (Lipinski definition) is 0. The maximum absolute atomic E-state index is 3.82. The minimum atomic E-state index is 0.586. The molecule has 2 aliphatic rings. The summed E-state index contributed by atoms with van der Waals surface area (Å²) < 4.78 is 0. The Labute approximate surface area is 71.5 Å². The summed E-state index contributed by atoms with van der Waals surface area (Å²) in [4.78, 5) is 0.804. The highest BCUT2D eigenvalue weighted by Crippen LogP contribution is 2.58. The predicted molar refractivity (Wildman–Crippen MR) is 47.3 cm³/mol. The Morgan fingerprint density at radius 1 is 1.30 bits per heavy atom. The third-order valence-electron chi connectivity index (χ3n) is 3.65. The molecular formula is C9H15Br. The van der Waals surface area contributed by atoms with Gasteiger partial charge in [0.15, 0.2) is 0 Å². The number of halogens is 1. The standard InChI is InChI=1S/C9H15Br/c1-9(2)7-4-3-6(5-7)8(9)10/h6-8H,3-5H2,1-2H3. The van der Waals surface area contributed by atoms with Crippen LogP contribution in [0, 0.1) is 17.3 Å². The van der Waals surface area contributed by atoms with E-state index in [4.69, 9.17) is 0 Å². The molecular weight excluding hydrogens is 188 g/mol. The largest absolute Gasteiger partial charge is 0.0882 e. The fourth-order valence-electron chi connectivity index (χ4n) is 2.79. The second kappa shape index (κ2) is 2.00. The van der Waals surface area contributed by atoms with Crippen LogP contribution in [0.25, 0.3) is 0 Å². The zero-order chi connectivity index (χ0) is 7.35. The van der Waals surface area contributed by atoms with E-state index in [2.05, 4.69) is 29.8 Å². The van der Waals surface area contributed by atoms with E-state index in [0.717, 1.165) is 16.7 Å². The first-order valence-corrected chi connectivity index (χ1v) is 5.18. The van der Waals surface area contributed by atoms with Gasteiger partial charge in [0.25, 0.3) is 0 Å². The van der Waals surface area contributed by atoms with Crippen molar-refractivity contribution in [2.45, 2.75) is 37.9 Å². The third-order valence-corrected chi connectivity index (χ3v) is 5.58. The molecule has 0 N–H and O–H groups in total. The Bertz CT molecular complexity index is 147. The second-order valence-electron chi connectivity index (χ2n) is 4.49. The first-order chi connectivity index (χ1) is 4.62. The van der Waals surface area contributed by atoms with Crippen molar-refractivity contribution in [2.75, 3.05) is 0 Å². The molecule has 2 rings (SSSR count). The van der Waals surface area contributed by atoms with Crippen molar-refractivity contribution in [3.05, 3.63) is 0 Å². The summed E-state index contributed by atoms with van der Waals surface area (Å²) in [6, 6.07) is 0. The monoisotopic (exact) mass is 202 g/mol. The molecule has 0 radical (unpaired) electrons. The Kier molecular flexibility index (Phi) is 1.43. The molecule has 2 fully saturated rings. The first kappa shape index (κ1) is 7.15. The summed E-state index contributed by atoms with van der Waals surface area (Å²) >= 11 is 3.82. The lowest BCUT2D eigenvalue weighted by atomic mass is 9.76. The minimum absolute atomic E-state index is 0.586. The quantitative estimate of drug-likeness (QED) is 0.530. The lowest BCUT2D eigenvalue weighted by Crippen LogP contribution is -2.30. The summed E-state index contributed by atoms with van der Waals surface area (Å²) in [5, 5.41) is 0. The highest BCUT2D eigenvalue weighted by atomic mass is 79.9. The molecule has 1 heteroatoms. The van der Waals surface area contributed by atoms with Crippen LogP contribution in [0.15, 0.2) is 0 Å². The number of alkyl halides is 1. The molecule has 2 saturated carbocycles. The highest BCUT2D eigenvalue weighted by Gasteiger charge is 2.51. The van der Waals surface area contributed by atoms with Crippen LogP contribution >= 0.6 is 15.9 Å². The van der Waals surface area contributed by atoms with E-state index in [0.29, 0.717) is 5.41 Å². The fourth-order valence-corrected chi connectivity index (χ4v) is 3.64. The average Bonchev–Trinajstić information content (AvgIpc) is 2.37. The van der Waals surface area contributed by atoms with Crippen molar-refractivity contribution in [2.24, 2.45) is 17.3 Å². The van der Waals surface area contributed by atoms with E-state index in [1.165, 1.54) is 19.3 Å². The van der Waals surface area contributed by atoms with E-state index in [-0.39, 0.29) is 0 Å². The molecule has 3 atom stereocenters. The average molecular weight is 203 g/mol. The zero-order valence-electron chi connectivity index (χ0n) is 6.73. The summed E-state index contributed by atoms with van der Waals surface area (Å²) in [6.07, 6.45) is 4.45. The topological polar surface area (TPSA) is 0 Å². The van der Waals surface area contributed by atoms with Crippen molar-refractivity contribution in [3.8, 4) is 0 Å². The van der Waals surface area contributed by atoms with Crippen LogP contribution in [-0.4, -0.2) is 4.83 Å². The molecule has 0 heterocycles. The fraction of sp³-hybridized carbons (Fsp3) is 1.00. The maximum Gasteiger partial charge on any atom is 0.0227 e. The molecule has 0 aromatic heterocycles. The van der Waals surface area contributed by atoms with E-state index in [1.54, 1.807) is 0 Å². The molecule has 58 valence electrons. The van der Waals surface area contributed by atoms with Crippen LogP contribution in [0.1, 0.15) is 33.1 Å². The SMILES string of the molecule is CC1(C)C2CCC(C2)C1Br. The van der Waals surface area contributed by atoms with Crippen LogP contribution in [0.3, 0.4) is 0 Å². The van der Waals surface area contributed by atoms with Gasteiger partial charge in [-0.05, 0) is 36.5 Å². The van der Waals surface area contributed by atoms with Gasteiger partial charge in [0.1, 0.15) is 0 Å². The Morgan fingerprint density at radius 2 is 2.00 bits per heavy atom. The summed E-state index contributed by atoms with van der Waals surface area (Å²) in [6.45, 7) is 4.83. The number of fused-ring (bicyclic) bond motifs is 2. The van der Waals surface area contributed by atoms with Crippen LogP contribution in [0.2, 0.25) is 0 Å². The van der Waals surface area contributed by atoms with Crippen molar-refractivity contribution in [3.63, 3.8) is 0 Å². The Hall–Kier alpha value is 0.480. The summed E-state index contributed by atoms with van der Waals surface area (Å²) in [7, 11) is 0. The maximum atomic E-state index is 3.82. The Balaban J connectivity index is 2.25. The van der Waals surface area contributed by atoms with Gasteiger partial charge in [-0.15, -0.1) is 0 Å². The third kappa shape index (κ3) is 0.731. The van der Waals surface area contributed by atoms with E-state index < -0.39 is 0 Å². The van der Waals surface area contributed by atoms with Crippen LogP contribution in [0.4, 0.5) is 0 Å². The predicted octanol–water partition coefficient (Wildman–Crippen LogP) is 3.21. The summed E-state index contributed by atoms with van der Waals surface area (Å²) in [5.74, 6) is 2.02. The molecule has 0 aliphatic heterocycles. The van der Waals surface area contributed by atoms with Gasteiger partial charge >= 0.3 is 0 Å². The van der Waals surface area contributed by atoms with Crippen LogP contribution < -0.4 is 0 Å². The van der Waals surface area contributed by atoms with Crippen molar-refractivity contribution < 1.29 is 0 Å². The Morgan fingerprint density at radius 3 is 2.30 bits per heavy atom. The van der Waals surface area contributed by atoms with E-state index in [9.17, 15) is 0 Å². The lowest BCUT2D eigenvalue weighted by Gasteiger charge is -2.34. The number of rotatable bonds is 0. The molecule has 0 amide bonds. The van der Waals surface area contributed by atoms with Crippen molar-refractivity contribution in [1.82, 2.24) is 0 Å². The van der Waals surface area contributed by atoms with Crippen molar-refractivity contribution >= 4 is 15.9 Å². The van der Waals surface area contributed by atoms with Crippen LogP contribution in [-0.2, 0) is 0 Å². The van der Waals surface area contributed by atoms with Crippen molar-refractivity contribution in [1.29, 1.82) is 0 Å². The van der Waals surface area contributed by atoms with Gasteiger partial charge < -0.3 is 0 Å². The van der Waals surface area contributed by atoms with Gasteiger partial charge in [0, 0.05) is 4.83 Å². The molecule has 10 heavy (non-hydrogen) atoms. The highest BCUT2D eigenvalue weighted by molar-refractivity contribution is 9.09. The van der Waals surface area contributed by atoms with Gasteiger partial charge in [0.2, 0.25) is 0 Å². The van der Waals surface area contributed by atoms with Gasteiger partial charge in [-0.2, -0.15) is 0 Å². The minimum Gasteiger partial charge on any atom is -0.0882 e. The molecule has 0 saturated heterocycles. The molecule has 3 unspecified atom stereocenters. The molecule has 0 nitrogen and oxygen atoms in total. The molecule has 2 aliphatic carbocycles. The molecule has 0 aromatic carbocycles. The molecule has 2 bridgehead atoms. The smallest absolute Gasteiger partial charge is 0.0227 e. The van der Waals surface area contributed by atoms with Gasteiger partial charge in [-0.3, -0.25) is 0 Å². The van der Waals surface area contributed by atoms with Gasteiger partial charge in [-0.25, -0.2) is 0 Å². The van der Waals surface area contributed by atoms with Gasteiger partial charge in [-0.1, -0.05) is 29.8 Å². The summed E-state index contributed by atoms with van der Waals surface area (Å²) in [5.41, 5.74) is 0.586. The van der Waals surface area contributed by atoms with Gasteiger partial charge in [0.05, 0.1) is 0 Å².